The lowest BCUT2D eigenvalue weighted by atomic mass is 10.0. The summed E-state index contributed by atoms with van der Waals surface area (Å²) in [6.45, 7) is 0.620. The van der Waals surface area contributed by atoms with E-state index in [1.807, 2.05) is 6.07 Å². The molecular formula is C13H17NO2S. The molecule has 3 rings (SSSR count). The van der Waals surface area contributed by atoms with Crippen molar-refractivity contribution in [3.05, 3.63) is 30.3 Å². The fourth-order valence-corrected chi connectivity index (χ4v) is 3.67. The lowest BCUT2D eigenvalue weighted by molar-refractivity contribution is 0.432. The van der Waals surface area contributed by atoms with Crippen LogP contribution in [-0.4, -0.2) is 15.0 Å². The molecule has 0 aromatic heterocycles. The number of benzene rings is 1. The molecule has 0 bridgehead atoms. The second kappa shape index (κ2) is 3.82. The van der Waals surface area contributed by atoms with Crippen molar-refractivity contribution in [1.29, 1.82) is 0 Å². The Morgan fingerprint density at radius 3 is 2.35 bits per heavy atom. The molecule has 4 heteroatoms. The number of sulfonamides is 1. The van der Waals surface area contributed by atoms with Gasteiger partial charge in [-0.15, -0.1) is 0 Å². The molecule has 1 aromatic rings. The third-order valence-corrected chi connectivity index (χ3v) is 5.42. The first-order chi connectivity index (χ1) is 8.12. The molecule has 17 heavy (non-hydrogen) atoms. The van der Waals surface area contributed by atoms with E-state index in [2.05, 4.69) is 4.72 Å². The molecular weight excluding hydrogens is 234 g/mol. The van der Waals surface area contributed by atoms with Crippen molar-refractivity contribution in [2.75, 3.05) is 6.54 Å². The molecule has 1 N–H and O–H groups in total. The minimum Gasteiger partial charge on any atom is -0.211 e. The van der Waals surface area contributed by atoms with Crippen molar-refractivity contribution in [3.63, 3.8) is 0 Å². The van der Waals surface area contributed by atoms with Crippen molar-refractivity contribution in [2.24, 2.45) is 11.3 Å². The standard InChI is InChI=1S/C13H17NO2S/c15-17(16,12-4-2-1-3-5-12)14-10-13(8-9-13)11-6-7-11/h1-5,11,14H,6-10H2. The van der Waals surface area contributed by atoms with Crippen LogP contribution in [0.5, 0.6) is 0 Å². The normalized spacial score (nSPS) is 22.4. The van der Waals surface area contributed by atoms with Crippen LogP contribution in [0.15, 0.2) is 35.2 Å². The quantitative estimate of drug-likeness (QED) is 0.871. The molecule has 0 spiro atoms. The molecule has 2 aliphatic rings. The Morgan fingerprint density at radius 2 is 1.82 bits per heavy atom. The highest BCUT2D eigenvalue weighted by atomic mass is 32.2. The Hall–Kier alpha value is -0.870. The van der Waals surface area contributed by atoms with Crippen LogP contribution in [0.1, 0.15) is 25.7 Å². The molecule has 0 unspecified atom stereocenters. The van der Waals surface area contributed by atoms with Crippen LogP contribution in [0, 0.1) is 11.3 Å². The first-order valence-electron chi connectivity index (χ1n) is 6.17. The van der Waals surface area contributed by atoms with Gasteiger partial charge in [0.2, 0.25) is 10.0 Å². The molecule has 2 aliphatic carbocycles. The molecule has 0 amide bonds. The van der Waals surface area contributed by atoms with Crippen LogP contribution in [0.4, 0.5) is 0 Å². The molecule has 0 aliphatic heterocycles. The van der Waals surface area contributed by atoms with E-state index < -0.39 is 10.0 Å². The van der Waals surface area contributed by atoms with Gasteiger partial charge in [0.05, 0.1) is 4.90 Å². The second-order valence-electron chi connectivity index (χ2n) is 5.27. The van der Waals surface area contributed by atoms with Gasteiger partial charge in [-0.3, -0.25) is 0 Å². The summed E-state index contributed by atoms with van der Waals surface area (Å²) >= 11 is 0. The SMILES string of the molecule is O=S(=O)(NCC1(C2CC2)CC1)c1ccccc1. The van der Waals surface area contributed by atoms with Crippen molar-refractivity contribution in [3.8, 4) is 0 Å². The van der Waals surface area contributed by atoms with E-state index in [9.17, 15) is 8.42 Å². The van der Waals surface area contributed by atoms with Gasteiger partial charge in [0.25, 0.3) is 0 Å². The summed E-state index contributed by atoms with van der Waals surface area (Å²) in [6, 6.07) is 8.61. The third-order valence-electron chi connectivity index (χ3n) is 4.00. The monoisotopic (exact) mass is 251 g/mol. The maximum Gasteiger partial charge on any atom is 0.240 e. The summed E-state index contributed by atoms with van der Waals surface area (Å²) in [6.07, 6.45) is 4.95. The molecule has 2 fully saturated rings. The molecule has 0 radical (unpaired) electrons. The van der Waals surface area contributed by atoms with Gasteiger partial charge >= 0.3 is 0 Å². The molecule has 2 saturated carbocycles. The van der Waals surface area contributed by atoms with Crippen molar-refractivity contribution in [1.82, 2.24) is 4.72 Å². The van der Waals surface area contributed by atoms with E-state index in [1.54, 1.807) is 24.3 Å². The minimum absolute atomic E-state index is 0.307. The van der Waals surface area contributed by atoms with E-state index in [-0.39, 0.29) is 0 Å². The molecule has 92 valence electrons. The predicted octanol–water partition coefficient (Wildman–Crippen LogP) is 2.16. The van der Waals surface area contributed by atoms with E-state index in [1.165, 1.54) is 25.7 Å². The maximum atomic E-state index is 12.0. The van der Waals surface area contributed by atoms with Crippen LogP contribution in [-0.2, 0) is 10.0 Å². The summed E-state index contributed by atoms with van der Waals surface area (Å²) in [7, 11) is -3.31. The summed E-state index contributed by atoms with van der Waals surface area (Å²) in [5, 5.41) is 0. The summed E-state index contributed by atoms with van der Waals surface area (Å²) in [5.41, 5.74) is 0.307. The highest BCUT2D eigenvalue weighted by Gasteiger charge is 2.53. The van der Waals surface area contributed by atoms with Gasteiger partial charge in [0.15, 0.2) is 0 Å². The van der Waals surface area contributed by atoms with Crippen molar-refractivity contribution in [2.45, 2.75) is 30.6 Å². The topological polar surface area (TPSA) is 46.2 Å². The molecule has 3 nitrogen and oxygen atoms in total. The smallest absolute Gasteiger partial charge is 0.211 e. The van der Waals surface area contributed by atoms with E-state index in [4.69, 9.17) is 0 Å². The largest absolute Gasteiger partial charge is 0.240 e. The zero-order valence-electron chi connectivity index (χ0n) is 9.72. The van der Waals surface area contributed by atoms with Gasteiger partial charge in [-0.25, -0.2) is 13.1 Å². The molecule has 0 saturated heterocycles. The van der Waals surface area contributed by atoms with Gasteiger partial charge in [-0.1, -0.05) is 18.2 Å². The van der Waals surface area contributed by atoms with E-state index in [0.717, 1.165) is 5.92 Å². The van der Waals surface area contributed by atoms with Gasteiger partial charge in [0.1, 0.15) is 0 Å². The van der Waals surface area contributed by atoms with Crippen molar-refractivity contribution < 1.29 is 8.42 Å². The van der Waals surface area contributed by atoms with E-state index >= 15 is 0 Å². The van der Waals surface area contributed by atoms with Crippen LogP contribution in [0.25, 0.3) is 0 Å². The highest BCUT2D eigenvalue weighted by molar-refractivity contribution is 7.89. The van der Waals surface area contributed by atoms with Crippen LogP contribution in [0.3, 0.4) is 0 Å². The van der Waals surface area contributed by atoms with E-state index in [0.29, 0.717) is 16.9 Å². The third kappa shape index (κ3) is 2.24. The minimum atomic E-state index is -3.31. The number of nitrogens with one attached hydrogen (secondary N) is 1. The van der Waals surface area contributed by atoms with Crippen LogP contribution >= 0.6 is 0 Å². The lowest BCUT2D eigenvalue weighted by Crippen LogP contribution is -2.31. The molecule has 0 heterocycles. The molecule has 1 aromatic carbocycles. The number of hydrogen-bond acceptors (Lipinski definition) is 2. The molecule has 0 atom stereocenters. The Morgan fingerprint density at radius 1 is 1.18 bits per heavy atom. The first kappa shape index (κ1) is 11.2. The fraction of sp³-hybridized carbons (Fsp3) is 0.538. The Balaban J connectivity index is 1.68. The van der Waals surface area contributed by atoms with Gasteiger partial charge in [-0.05, 0) is 49.1 Å². The highest BCUT2D eigenvalue weighted by Crippen LogP contribution is 2.60. The average Bonchev–Trinajstić information content (AvgIpc) is 3.19. The Kier molecular flexibility index (Phi) is 2.52. The maximum absolute atomic E-state index is 12.0. The van der Waals surface area contributed by atoms with Crippen LogP contribution < -0.4 is 4.72 Å². The summed E-state index contributed by atoms with van der Waals surface area (Å²) in [4.78, 5) is 0.367. The fourth-order valence-electron chi connectivity index (χ4n) is 2.51. The zero-order chi connectivity index (χ0) is 11.9. The zero-order valence-corrected chi connectivity index (χ0v) is 10.5. The second-order valence-corrected chi connectivity index (χ2v) is 7.04. The lowest BCUT2D eigenvalue weighted by Gasteiger charge is -2.15. The average molecular weight is 251 g/mol. The number of rotatable bonds is 5. The van der Waals surface area contributed by atoms with Crippen LogP contribution in [0.2, 0.25) is 0 Å². The van der Waals surface area contributed by atoms with Gasteiger partial charge in [-0.2, -0.15) is 0 Å². The van der Waals surface area contributed by atoms with Crippen molar-refractivity contribution >= 4 is 10.0 Å². The Labute approximate surface area is 102 Å². The summed E-state index contributed by atoms with van der Waals surface area (Å²) < 4.78 is 26.8. The number of hydrogen-bond donors (Lipinski definition) is 1. The van der Waals surface area contributed by atoms with Gasteiger partial charge < -0.3 is 0 Å². The predicted molar refractivity (Wildman–Crippen MR) is 66.0 cm³/mol. The first-order valence-corrected chi connectivity index (χ1v) is 7.65. The van der Waals surface area contributed by atoms with Gasteiger partial charge in [0, 0.05) is 6.54 Å². The Bertz CT molecular complexity index is 501. The summed E-state index contributed by atoms with van der Waals surface area (Å²) in [5.74, 6) is 0.779.